The minimum absolute atomic E-state index is 0.0935. The summed E-state index contributed by atoms with van der Waals surface area (Å²) >= 11 is 0. The van der Waals surface area contributed by atoms with Gasteiger partial charge >= 0.3 is 0 Å². The van der Waals surface area contributed by atoms with Crippen molar-refractivity contribution in [3.05, 3.63) is 59.3 Å². The third kappa shape index (κ3) is 4.90. The van der Waals surface area contributed by atoms with E-state index in [0.717, 1.165) is 79.3 Å². The Balaban J connectivity index is 0.969. The Hall–Kier alpha value is -3.63. The molecule has 0 amide bonds. The van der Waals surface area contributed by atoms with Crippen molar-refractivity contribution >= 4 is 11.5 Å². The molecule has 1 aromatic carbocycles. The van der Waals surface area contributed by atoms with Gasteiger partial charge < -0.3 is 9.64 Å². The van der Waals surface area contributed by atoms with E-state index >= 15 is 0 Å². The Morgan fingerprint density at radius 2 is 1.75 bits per heavy atom. The number of hydrogen-bond acceptors (Lipinski definition) is 9. The minimum Gasteiger partial charge on any atom is -0.485 e. The van der Waals surface area contributed by atoms with Crippen LogP contribution in [0.1, 0.15) is 42.2 Å². The van der Waals surface area contributed by atoms with Gasteiger partial charge in [0.15, 0.2) is 5.75 Å². The fourth-order valence-corrected chi connectivity index (χ4v) is 6.53. The van der Waals surface area contributed by atoms with Crippen molar-refractivity contribution in [3.8, 4) is 17.0 Å². The van der Waals surface area contributed by atoms with Gasteiger partial charge in [-0.05, 0) is 64.4 Å². The Labute approximate surface area is 235 Å². The normalized spacial score (nSPS) is 21.8. The van der Waals surface area contributed by atoms with E-state index in [4.69, 9.17) is 4.74 Å². The van der Waals surface area contributed by atoms with E-state index in [2.05, 4.69) is 76.4 Å². The van der Waals surface area contributed by atoms with Crippen LogP contribution < -0.4 is 9.64 Å². The highest BCUT2D eigenvalue weighted by Gasteiger charge is 2.30. The molecule has 6 heterocycles. The molecule has 0 N–H and O–H groups in total. The highest BCUT2D eigenvalue weighted by Crippen LogP contribution is 2.29. The summed E-state index contributed by atoms with van der Waals surface area (Å²) < 4.78 is 8.24. The lowest BCUT2D eigenvalue weighted by Crippen LogP contribution is -2.49. The van der Waals surface area contributed by atoms with Gasteiger partial charge in [0, 0.05) is 56.4 Å². The maximum atomic E-state index is 6.47. The van der Waals surface area contributed by atoms with Crippen LogP contribution in [0, 0.1) is 20.8 Å². The van der Waals surface area contributed by atoms with E-state index < -0.39 is 0 Å². The summed E-state index contributed by atoms with van der Waals surface area (Å²) in [6.07, 6.45) is 3.73. The van der Waals surface area contributed by atoms with Crippen LogP contribution in [0.15, 0.2) is 36.4 Å². The average Bonchev–Trinajstić information content (AvgIpc) is 3.71. The van der Waals surface area contributed by atoms with Gasteiger partial charge in [0.1, 0.15) is 11.9 Å². The van der Waals surface area contributed by atoms with Crippen molar-refractivity contribution < 1.29 is 4.74 Å². The summed E-state index contributed by atoms with van der Waals surface area (Å²) in [6, 6.07) is 13.6. The lowest BCUT2D eigenvalue weighted by atomic mass is 10.1. The molecule has 10 heteroatoms. The van der Waals surface area contributed by atoms with E-state index in [1.54, 1.807) is 4.52 Å². The molecule has 3 fully saturated rings. The molecule has 3 aliphatic heterocycles. The maximum absolute atomic E-state index is 6.47. The van der Waals surface area contributed by atoms with E-state index in [-0.39, 0.29) is 6.10 Å². The van der Waals surface area contributed by atoms with Crippen LogP contribution in [-0.2, 0) is 6.54 Å². The number of ether oxygens (including phenoxy) is 1. The molecular weight excluding hydrogens is 502 g/mol. The second kappa shape index (κ2) is 10.4. The van der Waals surface area contributed by atoms with Gasteiger partial charge in [-0.25, -0.2) is 4.98 Å². The third-order valence-electron chi connectivity index (χ3n) is 8.67. The predicted molar refractivity (Wildman–Crippen MR) is 154 cm³/mol. The van der Waals surface area contributed by atoms with Gasteiger partial charge in [-0.2, -0.15) is 19.7 Å². The number of nitrogens with zero attached hydrogens (tertiary/aromatic N) is 9. The Morgan fingerprint density at radius 3 is 2.58 bits per heavy atom. The van der Waals surface area contributed by atoms with Crippen LogP contribution in [-0.4, -0.2) is 91.0 Å². The Kier molecular flexibility index (Phi) is 6.59. The van der Waals surface area contributed by atoms with Crippen LogP contribution in [0.4, 0.5) is 5.69 Å². The van der Waals surface area contributed by atoms with Crippen molar-refractivity contribution in [3.63, 3.8) is 0 Å². The van der Waals surface area contributed by atoms with Crippen LogP contribution in [0.2, 0.25) is 0 Å². The molecule has 40 heavy (non-hydrogen) atoms. The summed E-state index contributed by atoms with van der Waals surface area (Å²) in [5.41, 5.74) is 6.03. The number of fused-ring (bicyclic) bond motifs is 2. The molecule has 0 saturated carbocycles. The van der Waals surface area contributed by atoms with Crippen LogP contribution in [0.5, 0.6) is 5.75 Å². The number of aromatic nitrogens is 6. The van der Waals surface area contributed by atoms with Gasteiger partial charge in [-0.1, -0.05) is 12.1 Å². The van der Waals surface area contributed by atoms with Gasteiger partial charge in [-0.15, -0.1) is 5.10 Å². The molecule has 0 bridgehead atoms. The fourth-order valence-electron chi connectivity index (χ4n) is 6.53. The lowest BCUT2D eigenvalue weighted by Gasteiger charge is -2.37. The summed E-state index contributed by atoms with van der Waals surface area (Å²) in [6.45, 7) is 13.3. The summed E-state index contributed by atoms with van der Waals surface area (Å²) in [5.74, 6) is 2.14. The van der Waals surface area contributed by atoms with E-state index in [0.29, 0.717) is 11.6 Å². The first-order valence-electron chi connectivity index (χ1n) is 14.5. The topological polar surface area (TPSA) is 87.8 Å². The van der Waals surface area contributed by atoms with E-state index in [1.165, 1.54) is 31.6 Å². The molecule has 4 aromatic rings. The molecule has 3 saturated heterocycles. The molecule has 3 aromatic heterocycles. The smallest absolute Gasteiger partial charge is 0.253 e. The van der Waals surface area contributed by atoms with Crippen LogP contribution in [0.25, 0.3) is 17.0 Å². The SMILES string of the molecule is Cc1nc2nc(C)c(O[C@@H]3CCN(c4ccc(-c5ccc(CN6CCN7CCC[C@H]7C6)nn5)cc4)C3)c(C)n2n1. The molecule has 0 aliphatic carbocycles. The van der Waals surface area contributed by atoms with Gasteiger partial charge in [0.2, 0.25) is 0 Å². The number of benzene rings is 1. The number of piperazine rings is 1. The number of hydrogen-bond donors (Lipinski definition) is 0. The van der Waals surface area contributed by atoms with Crippen molar-refractivity contribution in [1.82, 2.24) is 39.6 Å². The zero-order chi connectivity index (χ0) is 27.2. The zero-order valence-corrected chi connectivity index (χ0v) is 23.6. The van der Waals surface area contributed by atoms with Gasteiger partial charge in [0.05, 0.1) is 29.3 Å². The number of rotatable bonds is 6. The molecule has 208 valence electrons. The summed E-state index contributed by atoms with van der Waals surface area (Å²) in [7, 11) is 0. The fraction of sp³-hybridized carbons (Fsp3) is 0.500. The first kappa shape index (κ1) is 25.3. The van der Waals surface area contributed by atoms with Crippen molar-refractivity contribution in [2.24, 2.45) is 0 Å². The zero-order valence-electron chi connectivity index (χ0n) is 23.6. The molecule has 0 radical (unpaired) electrons. The number of anilines is 1. The molecule has 0 spiro atoms. The molecule has 10 nitrogen and oxygen atoms in total. The molecule has 3 aliphatic rings. The van der Waals surface area contributed by atoms with Crippen molar-refractivity contribution in [2.45, 2.75) is 58.7 Å². The highest BCUT2D eigenvalue weighted by molar-refractivity contribution is 5.63. The number of aryl methyl sites for hydroxylation is 3. The van der Waals surface area contributed by atoms with Gasteiger partial charge in [-0.3, -0.25) is 9.80 Å². The molecule has 2 atom stereocenters. The maximum Gasteiger partial charge on any atom is 0.253 e. The second-order valence-electron chi connectivity index (χ2n) is 11.5. The first-order valence-corrected chi connectivity index (χ1v) is 14.5. The third-order valence-corrected chi connectivity index (χ3v) is 8.67. The van der Waals surface area contributed by atoms with E-state index in [1.807, 2.05) is 20.8 Å². The van der Waals surface area contributed by atoms with Crippen molar-refractivity contribution in [1.29, 1.82) is 0 Å². The quantitative estimate of drug-likeness (QED) is 0.366. The molecular formula is C30H37N9O. The minimum atomic E-state index is 0.0935. The second-order valence-corrected chi connectivity index (χ2v) is 11.5. The lowest BCUT2D eigenvalue weighted by molar-refractivity contribution is 0.0982. The monoisotopic (exact) mass is 539 g/mol. The summed E-state index contributed by atoms with van der Waals surface area (Å²) in [5, 5.41) is 13.6. The predicted octanol–water partition coefficient (Wildman–Crippen LogP) is 3.44. The van der Waals surface area contributed by atoms with Crippen LogP contribution >= 0.6 is 0 Å². The first-order chi connectivity index (χ1) is 19.5. The van der Waals surface area contributed by atoms with E-state index in [9.17, 15) is 0 Å². The average molecular weight is 540 g/mol. The van der Waals surface area contributed by atoms with Crippen LogP contribution in [0.3, 0.4) is 0 Å². The Bertz CT molecular complexity index is 1500. The largest absolute Gasteiger partial charge is 0.485 e. The summed E-state index contributed by atoms with van der Waals surface area (Å²) in [4.78, 5) is 16.5. The van der Waals surface area contributed by atoms with Gasteiger partial charge in [0.25, 0.3) is 5.78 Å². The Morgan fingerprint density at radius 1 is 0.875 bits per heavy atom. The highest BCUT2D eigenvalue weighted by atomic mass is 16.5. The molecule has 0 unspecified atom stereocenters. The van der Waals surface area contributed by atoms with Crippen molar-refractivity contribution in [2.75, 3.05) is 44.2 Å². The molecule has 7 rings (SSSR count). The standard InChI is InChI=1S/C30H37N9O/c1-20-29(21(2)39-30(31-20)32-22(3)35-39)40-27-12-14-38(19-27)25-9-6-23(7-10-25)28-11-8-24(33-34-28)17-36-15-16-37-13-4-5-26(37)18-36/h6-11,26-27H,4-5,12-19H2,1-3H3/t26-,27+/m0/s1.